The number of carbonyl (C=O) groups is 4. The third-order valence-corrected chi connectivity index (χ3v) is 13.1. The molecule has 2 saturated carbocycles. The van der Waals surface area contributed by atoms with Crippen LogP contribution in [-0.2, 0) is 30.3 Å². The highest BCUT2D eigenvalue weighted by Gasteiger charge is 2.60. The highest BCUT2D eigenvalue weighted by molar-refractivity contribution is 7.80. The molecule has 2 aliphatic carbocycles. The van der Waals surface area contributed by atoms with Crippen LogP contribution in [-0.4, -0.2) is 96.9 Å². The molecule has 310 valence electrons. The molecule has 1 aromatic heterocycles. The van der Waals surface area contributed by atoms with Crippen LogP contribution < -0.4 is 20.5 Å². The SMILES string of the molecule is COc1ccc2c(O[C@@H]3C[C@H]4C(=O)N[C@]5(C(N)=O)C[C@H]5/C=C\CCCCC[C@H](CC(=O)N5CCCCC5)C(=O)N4C3)cc(-c3ccccc3)nc2c1.O=S([O-])C1CC1. The number of nitrogens with zero attached hydrogens (tertiary/aromatic N) is 3. The van der Waals surface area contributed by atoms with E-state index in [0.29, 0.717) is 48.6 Å². The predicted molar refractivity (Wildman–Crippen MR) is 219 cm³/mol. The van der Waals surface area contributed by atoms with Gasteiger partial charge in [-0.25, -0.2) is 4.98 Å². The van der Waals surface area contributed by atoms with Crippen LogP contribution in [0.1, 0.15) is 83.5 Å². The number of nitrogens with one attached hydrogen (secondary N) is 1. The number of allylic oxidation sites excluding steroid dienone is 1. The molecule has 2 aromatic carbocycles. The van der Waals surface area contributed by atoms with Gasteiger partial charge in [-0.2, -0.15) is 0 Å². The average molecular weight is 813 g/mol. The largest absolute Gasteiger partial charge is 0.772 e. The summed E-state index contributed by atoms with van der Waals surface area (Å²) in [4.78, 5) is 63.6. The van der Waals surface area contributed by atoms with Crippen molar-refractivity contribution in [1.82, 2.24) is 20.1 Å². The fourth-order valence-electron chi connectivity index (χ4n) is 8.41. The molecule has 4 amide bonds. The molecule has 4 fully saturated rings. The second kappa shape index (κ2) is 18.4. The van der Waals surface area contributed by atoms with E-state index in [2.05, 4.69) is 11.4 Å². The first-order valence-electron chi connectivity index (χ1n) is 20.7. The first-order valence-corrected chi connectivity index (χ1v) is 21.9. The van der Waals surface area contributed by atoms with Crippen molar-refractivity contribution < 1.29 is 37.4 Å². The lowest BCUT2D eigenvalue weighted by molar-refractivity contribution is -0.145. The number of hydrogen-bond acceptors (Lipinski definition) is 9. The third-order valence-electron chi connectivity index (χ3n) is 12.1. The Kier molecular flexibility index (Phi) is 13.1. The number of rotatable bonds is 8. The van der Waals surface area contributed by atoms with Crippen LogP contribution in [0.15, 0.2) is 66.7 Å². The molecule has 14 heteroatoms. The minimum Gasteiger partial charge on any atom is -0.772 e. The summed E-state index contributed by atoms with van der Waals surface area (Å²) in [5.41, 5.74) is 7.02. The van der Waals surface area contributed by atoms with Crippen molar-refractivity contribution in [1.29, 1.82) is 0 Å². The molecule has 8 rings (SSSR count). The first kappa shape index (κ1) is 41.3. The lowest BCUT2D eigenvalue weighted by atomic mass is 9.94. The Labute approximate surface area is 342 Å². The number of primary amides is 1. The van der Waals surface area contributed by atoms with Crippen LogP contribution in [0.4, 0.5) is 0 Å². The molecule has 3 aliphatic heterocycles. The van der Waals surface area contributed by atoms with Crippen molar-refractivity contribution in [2.24, 2.45) is 17.6 Å². The number of aromatic nitrogens is 1. The van der Waals surface area contributed by atoms with Crippen LogP contribution in [0.5, 0.6) is 11.5 Å². The van der Waals surface area contributed by atoms with Gasteiger partial charge in [0.2, 0.25) is 23.6 Å². The standard InChI is InChI=1S/C41H49N5O6.C3H6O2S/c1-51-30-17-18-32-34(22-30)43-33(27-13-8-5-9-14-27)24-36(32)52-31-23-35-38(48)44-41(40(42)50)25-29(41)16-10-4-2-3-7-15-28(39(49)46(35)26-31)21-37(47)45-19-11-6-12-20-45;4-6(5)3-1-2-3/h5,8-10,13-14,16-18,22,24,28-29,31,35H,2-4,6-7,11-12,15,19-21,23,25-26H2,1H3,(H2,42,50)(H,44,48);3H,1-2H2,(H,4,5)/p-1/b16-10-;/t28-,29-,31-,35+,41-;/m1./s1. The number of methoxy groups -OCH3 is 1. The Bertz CT molecular complexity index is 2040. The molecule has 3 aromatic rings. The van der Waals surface area contributed by atoms with E-state index in [9.17, 15) is 27.9 Å². The normalized spacial score (nSPS) is 27.3. The van der Waals surface area contributed by atoms with Crippen LogP contribution >= 0.6 is 0 Å². The van der Waals surface area contributed by atoms with Gasteiger partial charge in [0.05, 0.1) is 24.9 Å². The summed E-state index contributed by atoms with van der Waals surface area (Å²) in [6, 6.07) is 16.4. The molecule has 0 radical (unpaired) electrons. The summed E-state index contributed by atoms with van der Waals surface area (Å²) >= 11 is -1.76. The smallest absolute Gasteiger partial charge is 0.243 e. The van der Waals surface area contributed by atoms with E-state index >= 15 is 0 Å². The maximum Gasteiger partial charge on any atom is 0.243 e. The van der Waals surface area contributed by atoms with Gasteiger partial charge in [0, 0.05) is 66.1 Å². The van der Waals surface area contributed by atoms with Gasteiger partial charge in [0.15, 0.2) is 0 Å². The van der Waals surface area contributed by atoms with Gasteiger partial charge < -0.3 is 34.9 Å². The molecule has 3 N–H and O–H groups in total. The van der Waals surface area contributed by atoms with E-state index in [1.165, 1.54) is 0 Å². The van der Waals surface area contributed by atoms with E-state index in [0.717, 1.165) is 68.7 Å². The molecule has 4 heterocycles. The van der Waals surface area contributed by atoms with Gasteiger partial charge in [-0.3, -0.25) is 23.4 Å². The monoisotopic (exact) mass is 812 g/mol. The number of fused-ring (bicyclic) bond motifs is 3. The molecule has 1 unspecified atom stereocenters. The predicted octanol–water partition coefficient (Wildman–Crippen LogP) is 5.19. The van der Waals surface area contributed by atoms with Crippen molar-refractivity contribution in [3.63, 3.8) is 0 Å². The number of likely N-dealkylation sites (tertiary alicyclic amines) is 1. The van der Waals surface area contributed by atoms with Crippen molar-refractivity contribution in [3.8, 4) is 22.8 Å². The molecule has 58 heavy (non-hydrogen) atoms. The molecule has 5 aliphatic rings. The van der Waals surface area contributed by atoms with Crippen molar-refractivity contribution in [2.75, 3.05) is 26.7 Å². The summed E-state index contributed by atoms with van der Waals surface area (Å²) in [6.45, 7) is 1.58. The van der Waals surface area contributed by atoms with Gasteiger partial charge in [-0.05, 0) is 69.9 Å². The fourth-order valence-corrected chi connectivity index (χ4v) is 8.93. The van der Waals surface area contributed by atoms with Gasteiger partial charge in [0.1, 0.15) is 29.2 Å². The Hall–Kier alpha value is -4.82. The minimum absolute atomic E-state index is 0.00692. The Morgan fingerprint density at radius 1 is 1.00 bits per heavy atom. The fraction of sp³-hybridized carbons (Fsp3) is 0.523. The van der Waals surface area contributed by atoms with Gasteiger partial charge in [-0.15, -0.1) is 0 Å². The molecule has 2 saturated heterocycles. The summed E-state index contributed by atoms with van der Waals surface area (Å²) in [6.07, 6.45) is 13.1. The molecule has 0 spiro atoms. The lowest BCUT2D eigenvalue weighted by Gasteiger charge is -2.31. The first-order chi connectivity index (χ1) is 28.1. The summed E-state index contributed by atoms with van der Waals surface area (Å²) in [5.74, 6) is -0.770. The highest BCUT2D eigenvalue weighted by atomic mass is 32.2. The zero-order chi connectivity index (χ0) is 40.8. The number of benzene rings is 2. The number of nitrogens with two attached hydrogens (primary N) is 1. The molecule has 0 bridgehead atoms. The average Bonchev–Trinajstić information content (AvgIpc) is 4.17. The number of piperidine rings is 1. The maximum absolute atomic E-state index is 14.6. The second-order valence-electron chi connectivity index (χ2n) is 16.2. The Morgan fingerprint density at radius 3 is 2.45 bits per heavy atom. The lowest BCUT2D eigenvalue weighted by Crippen LogP contribution is -2.55. The highest BCUT2D eigenvalue weighted by Crippen LogP contribution is 2.45. The van der Waals surface area contributed by atoms with E-state index < -0.39 is 46.5 Å². The van der Waals surface area contributed by atoms with Crippen LogP contribution in [0.25, 0.3) is 22.2 Å². The van der Waals surface area contributed by atoms with Crippen LogP contribution in [0, 0.1) is 11.8 Å². The number of amides is 4. The van der Waals surface area contributed by atoms with Crippen LogP contribution in [0.3, 0.4) is 0 Å². The van der Waals surface area contributed by atoms with Gasteiger partial charge in [0.25, 0.3) is 0 Å². The minimum atomic E-state index is -1.76. The number of ether oxygens (including phenoxy) is 2. The summed E-state index contributed by atoms with van der Waals surface area (Å²) < 4.78 is 31.8. The van der Waals surface area contributed by atoms with Crippen molar-refractivity contribution in [3.05, 3.63) is 66.7 Å². The maximum atomic E-state index is 14.6. The summed E-state index contributed by atoms with van der Waals surface area (Å²) in [7, 11) is 1.61. The van der Waals surface area contributed by atoms with Gasteiger partial charge in [-0.1, -0.05) is 66.4 Å². The van der Waals surface area contributed by atoms with Crippen molar-refractivity contribution in [2.45, 2.75) is 106 Å². The van der Waals surface area contributed by atoms with E-state index in [-0.39, 0.29) is 42.4 Å². The zero-order valence-electron chi connectivity index (χ0n) is 33.1. The molecular weight excluding hydrogens is 759 g/mol. The zero-order valence-corrected chi connectivity index (χ0v) is 34.0. The number of hydrogen-bond donors (Lipinski definition) is 2. The van der Waals surface area contributed by atoms with E-state index in [1.807, 2.05) is 65.6 Å². The van der Waals surface area contributed by atoms with Crippen LogP contribution in [0.2, 0.25) is 0 Å². The third kappa shape index (κ3) is 9.71. The number of carbonyl (C=O) groups excluding carboxylic acids is 4. The Balaban J connectivity index is 0.000000783. The van der Waals surface area contributed by atoms with E-state index in [4.69, 9.17) is 20.2 Å². The Morgan fingerprint density at radius 2 is 1.76 bits per heavy atom. The molecule has 13 nitrogen and oxygen atoms in total. The van der Waals surface area contributed by atoms with Crippen molar-refractivity contribution >= 4 is 45.6 Å². The summed E-state index contributed by atoms with van der Waals surface area (Å²) in [5, 5.41) is 3.77. The van der Waals surface area contributed by atoms with E-state index in [1.54, 1.807) is 12.0 Å². The molecular formula is C44H54N5O8S-. The number of pyridine rings is 1. The topological polar surface area (TPSA) is 184 Å². The quantitative estimate of drug-likeness (QED) is 0.229. The van der Waals surface area contributed by atoms with Gasteiger partial charge >= 0.3 is 0 Å². The molecule has 6 atom stereocenters. The second-order valence-corrected chi connectivity index (χ2v) is 17.4.